The average Bonchev–Trinajstić information content (AvgIpc) is 3.09. The fourth-order valence-electron chi connectivity index (χ4n) is 2.81. The van der Waals surface area contributed by atoms with E-state index in [0.717, 1.165) is 11.1 Å². The van der Waals surface area contributed by atoms with Crippen LogP contribution in [0.15, 0.2) is 39.3 Å². The van der Waals surface area contributed by atoms with Crippen LogP contribution in [0, 0.1) is 13.8 Å². The van der Waals surface area contributed by atoms with Gasteiger partial charge < -0.3 is 19.4 Å². The number of hydrogen-bond acceptors (Lipinski definition) is 5. The Bertz CT molecular complexity index is 876. The number of amides is 1. The van der Waals surface area contributed by atoms with Gasteiger partial charge in [0.2, 0.25) is 5.91 Å². The molecule has 3 rings (SSSR count). The summed E-state index contributed by atoms with van der Waals surface area (Å²) >= 11 is 0. The summed E-state index contributed by atoms with van der Waals surface area (Å²) in [7, 11) is 0. The number of hydrogen-bond donors (Lipinski definition) is 2. The molecule has 2 N–H and O–H groups in total. The molecule has 0 bridgehead atoms. The second-order valence-electron chi connectivity index (χ2n) is 6.18. The highest BCUT2D eigenvalue weighted by Gasteiger charge is 2.28. The molecular formula is C18H20N2O4. The van der Waals surface area contributed by atoms with Crippen molar-refractivity contribution in [3.8, 4) is 0 Å². The Morgan fingerprint density at radius 2 is 2.08 bits per heavy atom. The summed E-state index contributed by atoms with van der Waals surface area (Å²) in [5.41, 5.74) is 0.700. The molecule has 2 heterocycles. The van der Waals surface area contributed by atoms with Crippen LogP contribution in [-0.4, -0.2) is 22.7 Å². The molecule has 6 nitrogen and oxygen atoms in total. The van der Waals surface area contributed by atoms with Gasteiger partial charge in [0.25, 0.3) is 0 Å². The molecule has 3 aromatic rings. The largest absolute Gasteiger partial charge is 0.466 e. The molecule has 2 aromatic heterocycles. The fourth-order valence-corrected chi connectivity index (χ4v) is 2.81. The van der Waals surface area contributed by atoms with Crippen molar-refractivity contribution in [3.63, 3.8) is 0 Å². The van der Waals surface area contributed by atoms with E-state index in [-0.39, 0.29) is 18.9 Å². The van der Waals surface area contributed by atoms with Gasteiger partial charge in [0.1, 0.15) is 22.8 Å². The Hall–Kier alpha value is -2.60. The normalized spacial score (nSPS) is 13.8. The van der Waals surface area contributed by atoms with Crippen molar-refractivity contribution in [3.05, 3.63) is 53.1 Å². The first kappa shape index (κ1) is 16.3. The molecule has 1 unspecified atom stereocenters. The van der Waals surface area contributed by atoms with E-state index in [1.54, 1.807) is 26.0 Å². The number of fused-ring (bicyclic) bond motifs is 1. The van der Waals surface area contributed by atoms with E-state index < -0.39 is 5.60 Å². The molecule has 6 heteroatoms. The molecule has 1 aromatic carbocycles. The molecule has 0 radical (unpaired) electrons. The van der Waals surface area contributed by atoms with Crippen molar-refractivity contribution >= 4 is 16.9 Å². The van der Waals surface area contributed by atoms with Gasteiger partial charge in [-0.05, 0) is 39.0 Å². The second kappa shape index (κ2) is 6.13. The molecule has 0 aliphatic rings. The number of benzene rings is 1. The van der Waals surface area contributed by atoms with Gasteiger partial charge >= 0.3 is 0 Å². The Labute approximate surface area is 139 Å². The zero-order valence-electron chi connectivity index (χ0n) is 13.9. The van der Waals surface area contributed by atoms with E-state index >= 15 is 0 Å². The SMILES string of the molecule is Cc1cc(C(C)(O)CNC(=O)Cc2noc3ccccc23)c(C)o1. The van der Waals surface area contributed by atoms with Gasteiger partial charge in [-0.15, -0.1) is 0 Å². The first-order valence-corrected chi connectivity index (χ1v) is 7.77. The minimum atomic E-state index is -1.20. The summed E-state index contributed by atoms with van der Waals surface area (Å²) in [6.45, 7) is 5.35. The van der Waals surface area contributed by atoms with Gasteiger partial charge in [0, 0.05) is 10.9 Å². The molecule has 0 aliphatic heterocycles. The van der Waals surface area contributed by atoms with Crippen LogP contribution in [0.5, 0.6) is 0 Å². The highest BCUT2D eigenvalue weighted by molar-refractivity contribution is 5.86. The highest BCUT2D eigenvalue weighted by Crippen LogP contribution is 2.26. The van der Waals surface area contributed by atoms with Crippen LogP contribution < -0.4 is 5.32 Å². The number of aryl methyl sites for hydroxylation is 2. The number of carbonyl (C=O) groups is 1. The Kier molecular flexibility index (Phi) is 4.15. The number of nitrogens with one attached hydrogen (secondary N) is 1. The van der Waals surface area contributed by atoms with Crippen LogP contribution in [-0.2, 0) is 16.8 Å². The summed E-state index contributed by atoms with van der Waals surface area (Å²) in [5.74, 6) is 1.14. The van der Waals surface area contributed by atoms with Crippen molar-refractivity contribution in [2.75, 3.05) is 6.54 Å². The summed E-state index contributed by atoms with van der Waals surface area (Å²) in [5, 5.41) is 18.1. The number of rotatable bonds is 5. The fraction of sp³-hybridized carbons (Fsp3) is 0.333. The molecule has 126 valence electrons. The summed E-state index contributed by atoms with van der Waals surface area (Å²) in [6.07, 6.45) is 0.0937. The van der Waals surface area contributed by atoms with Crippen LogP contribution in [0.25, 0.3) is 11.0 Å². The molecule has 0 spiro atoms. The zero-order valence-corrected chi connectivity index (χ0v) is 13.9. The third-order valence-electron chi connectivity index (χ3n) is 4.03. The molecular weight excluding hydrogens is 308 g/mol. The van der Waals surface area contributed by atoms with Crippen LogP contribution in [0.1, 0.15) is 29.7 Å². The molecule has 1 amide bonds. The molecule has 0 fully saturated rings. The monoisotopic (exact) mass is 328 g/mol. The number of aliphatic hydroxyl groups is 1. The predicted molar refractivity (Wildman–Crippen MR) is 88.5 cm³/mol. The predicted octanol–water partition coefficient (Wildman–Crippen LogP) is 2.60. The molecule has 0 saturated carbocycles. The summed E-state index contributed by atoms with van der Waals surface area (Å²) < 4.78 is 10.6. The van der Waals surface area contributed by atoms with Gasteiger partial charge in [-0.25, -0.2) is 0 Å². The molecule has 0 aliphatic carbocycles. The van der Waals surface area contributed by atoms with E-state index in [2.05, 4.69) is 10.5 Å². The van der Waals surface area contributed by atoms with E-state index in [0.29, 0.717) is 22.6 Å². The Morgan fingerprint density at radius 3 is 2.79 bits per heavy atom. The zero-order chi connectivity index (χ0) is 17.3. The lowest BCUT2D eigenvalue weighted by Gasteiger charge is -2.23. The lowest BCUT2D eigenvalue weighted by Crippen LogP contribution is -2.39. The van der Waals surface area contributed by atoms with E-state index in [1.807, 2.05) is 25.1 Å². The van der Waals surface area contributed by atoms with Crippen molar-refractivity contribution in [2.45, 2.75) is 32.8 Å². The standard InChI is InChI=1S/C18H20N2O4/c1-11-8-14(12(2)23-11)18(3,22)10-19-17(21)9-15-13-6-4-5-7-16(13)24-20-15/h4-8,22H,9-10H2,1-3H3,(H,19,21). The third kappa shape index (κ3) is 3.19. The van der Waals surface area contributed by atoms with Crippen LogP contribution >= 0.6 is 0 Å². The number of nitrogens with zero attached hydrogens (tertiary/aromatic N) is 1. The van der Waals surface area contributed by atoms with Gasteiger partial charge in [-0.2, -0.15) is 0 Å². The first-order chi connectivity index (χ1) is 11.4. The van der Waals surface area contributed by atoms with Crippen molar-refractivity contribution in [1.82, 2.24) is 10.5 Å². The Morgan fingerprint density at radius 1 is 1.33 bits per heavy atom. The molecule has 24 heavy (non-hydrogen) atoms. The average molecular weight is 328 g/mol. The van der Waals surface area contributed by atoms with Crippen molar-refractivity contribution < 1.29 is 18.8 Å². The maximum atomic E-state index is 12.2. The van der Waals surface area contributed by atoms with Gasteiger partial charge in [0.05, 0.1) is 13.0 Å². The minimum absolute atomic E-state index is 0.0848. The number of aromatic nitrogens is 1. The van der Waals surface area contributed by atoms with Crippen molar-refractivity contribution in [1.29, 1.82) is 0 Å². The van der Waals surface area contributed by atoms with Crippen LogP contribution in [0.2, 0.25) is 0 Å². The maximum Gasteiger partial charge on any atom is 0.226 e. The van der Waals surface area contributed by atoms with Gasteiger partial charge in [-0.3, -0.25) is 4.79 Å². The molecule has 0 saturated heterocycles. The van der Waals surface area contributed by atoms with E-state index in [4.69, 9.17) is 8.94 Å². The lowest BCUT2D eigenvalue weighted by molar-refractivity contribution is -0.121. The maximum absolute atomic E-state index is 12.2. The number of para-hydroxylation sites is 1. The van der Waals surface area contributed by atoms with Gasteiger partial charge in [-0.1, -0.05) is 17.3 Å². The van der Waals surface area contributed by atoms with Gasteiger partial charge in [0.15, 0.2) is 5.58 Å². The Balaban J connectivity index is 1.66. The number of carbonyl (C=O) groups excluding carboxylic acids is 1. The van der Waals surface area contributed by atoms with Crippen LogP contribution in [0.4, 0.5) is 0 Å². The smallest absolute Gasteiger partial charge is 0.226 e. The third-order valence-corrected chi connectivity index (χ3v) is 4.03. The van der Waals surface area contributed by atoms with E-state index in [9.17, 15) is 9.90 Å². The van der Waals surface area contributed by atoms with Crippen LogP contribution in [0.3, 0.4) is 0 Å². The first-order valence-electron chi connectivity index (χ1n) is 7.77. The molecule has 1 atom stereocenters. The highest BCUT2D eigenvalue weighted by atomic mass is 16.5. The summed E-state index contributed by atoms with van der Waals surface area (Å²) in [4.78, 5) is 12.2. The minimum Gasteiger partial charge on any atom is -0.466 e. The second-order valence-corrected chi connectivity index (χ2v) is 6.18. The topological polar surface area (TPSA) is 88.5 Å². The van der Waals surface area contributed by atoms with Crippen molar-refractivity contribution in [2.24, 2.45) is 0 Å². The quantitative estimate of drug-likeness (QED) is 0.751. The number of furan rings is 1. The lowest BCUT2D eigenvalue weighted by atomic mass is 9.96. The summed E-state index contributed by atoms with van der Waals surface area (Å²) in [6, 6.07) is 9.17. The van der Waals surface area contributed by atoms with E-state index in [1.165, 1.54) is 0 Å².